The first-order chi connectivity index (χ1) is 8.90. The van der Waals surface area contributed by atoms with Gasteiger partial charge in [0.25, 0.3) is 0 Å². The molecule has 0 saturated carbocycles. The standard InChI is InChI=1S/C14H19NO3S/c1-11(2)12-4-6-13(7-5-12)19(17,18)10-14(16)15-8-3-9-15/h4-7,11H,3,8-10H2,1-2H3. The van der Waals surface area contributed by atoms with Gasteiger partial charge in [-0.1, -0.05) is 26.0 Å². The molecule has 1 aromatic carbocycles. The van der Waals surface area contributed by atoms with Crippen LogP contribution in [-0.4, -0.2) is 38.1 Å². The Balaban J connectivity index is 2.12. The third kappa shape index (κ3) is 3.15. The monoisotopic (exact) mass is 281 g/mol. The van der Waals surface area contributed by atoms with Crippen molar-refractivity contribution >= 4 is 15.7 Å². The van der Waals surface area contributed by atoms with E-state index in [4.69, 9.17) is 0 Å². The Hall–Kier alpha value is -1.36. The summed E-state index contributed by atoms with van der Waals surface area (Å²) in [6.45, 7) is 5.47. The minimum Gasteiger partial charge on any atom is -0.342 e. The lowest BCUT2D eigenvalue weighted by Gasteiger charge is -2.30. The highest BCUT2D eigenvalue weighted by Crippen LogP contribution is 2.19. The summed E-state index contributed by atoms with van der Waals surface area (Å²) in [5.74, 6) is -0.354. The van der Waals surface area contributed by atoms with Gasteiger partial charge in [0, 0.05) is 13.1 Å². The van der Waals surface area contributed by atoms with Gasteiger partial charge in [0.1, 0.15) is 5.75 Å². The van der Waals surface area contributed by atoms with Gasteiger partial charge in [0.05, 0.1) is 4.90 Å². The Bertz CT molecular complexity index is 557. The van der Waals surface area contributed by atoms with Gasteiger partial charge in [-0.05, 0) is 30.0 Å². The SMILES string of the molecule is CC(C)c1ccc(S(=O)(=O)CC(=O)N2CCC2)cc1. The van der Waals surface area contributed by atoms with E-state index in [0.29, 0.717) is 19.0 Å². The van der Waals surface area contributed by atoms with Gasteiger partial charge in [-0.15, -0.1) is 0 Å². The van der Waals surface area contributed by atoms with Crippen LogP contribution in [0, 0.1) is 0 Å². The van der Waals surface area contributed by atoms with E-state index in [0.717, 1.165) is 12.0 Å². The summed E-state index contributed by atoms with van der Waals surface area (Å²) in [6.07, 6.45) is 0.967. The summed E-state index contributed by atoms with van der Waals surface area (Å²) in [6, 6.07) is 6.80. The number of carbonyl (C=O) groups excluding carboxylic acids is 1. The number of sulfone groups is 1. The fourth-order valence-electron chi connectivity index (χ4n) is 1.96. The molecular weight excluding hydrogens is 262 g/mol. The molecule has 5 heteroatoms. The molecule has 1 amide bonds. The maximum absolute atomic E-state index is 12.1. The van der Waals surface area contributed by atoms with Gasteiger partial charge in [-0.2, -0.15) is 0 Å². The highest BCUT2D eigenvalue weighted by molar-refractivity contribution is 7.92. The van der Waals surface area contributed by atoms with Crippen molar-refractivity contribution in [3.05, 3.63) is 29.8 Å². The minimum atomic E-state index is -3.51. The fourth-order valence-corrected chi connectivity index (χ4v) is 3.19. The van der Waals surface area contributed by atoms with E-state index in [2.05, 4.69) is 13.8 Å². The molecular formula is C14H19NO3S. The van der Waals surface area contributed by atoms with Crippen LogP contribution >= 0.6 is 0 Å². The van der Waals surface area contributed by atoms with Crippen LogP contribution in [0.3, 0.4) is 0 Å². The first kappa shape index (κ1) is 14.1. The lowest BCUT2D eigenvalue weighted by atomic mass is 10.0. The molecule has 19 heavy (non-hydrogen) atoms. The van der Waals surface area contributed by atoms with E-state index < -0.39 is 15.6 Å². The van der Waals surface area contributed by atoms with Crippen LogP contribution in [0.15, 0.2) is 29.2 Å². The van der Waals surface area contributed by atoms with Crippen LogP contribution in [0.25, 0.3) is 0 Å². The third-order valence-electron chi connectivity index (χ3n) is 3.43. The molecule has 4 nitrogen and oxygen atoms in total. The molecule has 1 aliphatic rings. The predicted molar refractivity (Wildman–Crippen MR) is 73.8 cm³/mol. The zero-order chi connectivity index (χ0) is 14.0. The molecule has 0 atom stereocenters. The van der Waals surface area contributed by atoms with Crippen molar-refractivity contribution in [2.45, 2.75) is 31.1 Å². The Kier molecular flexibility index (Phi) is 3.94. The lowest BCUT2D eigenvalue weighted by molar-refractivity contribution is -0.131. The van der Waals surface area contributed by atoms with Gasteiger partial charge in [0.15, 0.2) is 9.84 Å². The van der Waals surface area contributed by atoms with Crippen LogP contribution in [0.1, 0.15) is 31.7 Å². The number of hydrogen-bond donors (Lipinski definition) is 0. The Morgan fingerprint density at radius 1 is 1.21 bits per heavy atom. The van der Waals surface area contributed by atoms with Crippen LogP contribution in [0.4, 0.5) is 0 Å². The summed E-state index contributed by atoms with van der Waals surface area (Å²) < 4.78 is 24.2. The zero-order valence-corrected chi connectivity index (χ0v) is 12.1. The number of hydrogen-bond acceptors (Lipinski definition) is 3. The number of rotatable bonds is 4. The van der Waals surface area contributed by atoms with Crippen molar-refractivity contribution in [1.82, 2.24) is 4.90 Å². The smallest absolute Gasteiger partial charge is 0.238 e. The molecule has 104 valence electrons. The van der Waals surface area contributed by atoms with Gasteiger partial charge >= 0.3 is 0 Å². The summed E-state index contributed by atoms with van der Waals surface area (Å²) in [4.78, 5) is 13.5. The quantitative estimate of drug-likeness (QED) is 0.846. The second-order valence-corrected chi connectivity index (χ2v) is 7.21. The summed E-state index contributed by atoms with van der Waals surface area (Å²) in [7, 11) is -3.51. The largest absolute Gasteiger partial charge is 0.342 e. The Morgan fingerprint density at radius 3 is 2.21 bits per heavy atom. The molecule has 0 spiro atoms. The predicted octanol–water partition coefficient (Wildman–Crippen LogP) is 1.82. The number of likely N-dealkylation sites (tertiary alicyclic amines) is 1. The van der Waals surface area contributed by atoms with E-state index >= 15 is 0 Å². The molecule has 0 aliphatic carbocycles. The van der Waals surface area contributed by atoms with Crippen molar-refractivity contribution in [1.29, 1.82) is 0 Å². The van der Waals surface area contributed by atoms with E-state index in [9.17, 15) is 13.2 Å². The number of amides is 1. The van der Waals surface area contributed by atoms with Crippen LogP contribution in [0.5, 0.6) is 0 Å². The van der Waals surface area contributed by atoms with Crippen molar-refractivity contribution < 1.29 is 13.2 Å². The van der Waals surface area contributed by atoms with Gasteiger partial charge < -0.3 is 4.90 Å². The zero-order valence-electron chi connectivity index (χ0n) is 11.3. The summed E-state index contributed by atoms with van der Waals surface area (Å²) in [5, 5.41) is 0. The van der Waals surface area contributed by atoms with Crippen molar-refractivity contribution in [3.63, 3.8) is 0 Å². The Morgan fingerprint density at radius 2 is 1.79 bits per heavy atom. The van der Waals surface area contributed by atoms with Crippen molar-refractivity contribution in [2.75, 3.05) is 18.8 Å². The van der Waals surface area contributed by atoms with Crippen LogP contribution in [0.2, 0.25) is 0 Å². The first-order valence-corrected chi connectivity index (χ1v) is 8.16. The molecule has 1 fully saturated rings. The van der Waals surface area contributed by atoms with Gasteiger partial charge in [0.2, 0.25) is 5.91 Å². The maximum Gasteiger partial charge on any atom is 0.238 e. The molecule has 0 N–H and O–H groups in total. The number of carbonyl (C=O) groups is 1. The van der Waals surface area contributed by atoms with Crippen molar-refractivity contribution in [3.8, 4) is 0 Å². The average molecular weight is 281 g/mol. The Labute approximate surface area is 114 Å². The average Bonchev–Trinajstić information content (AvgIpc) is 2.25. The highest BCUT2D eigenvalue weighted by Gasteiger charge is 2.26. The minimum absolute atomic E-state index is 0.228. The van der Waals surface area contributed by atoms with E-state index in [-0.39, 0.29) is 10.8 Å². The van der Waals surface area contributed by atoms with Crippen molar-refractivity contribution in [2.24, 2.45) is 0 Å². The molecule has 1 aromatic rings. The molecule has 1 heterocycles. The van der Waals surface area contributed by atoms with Crippen LogP contribution < -0.4 is 0 Å². The summed E-state index contributed by atoms with van der Waals surface area (Å²) >= 11 is 0. The van der Waals surface area contributed by atoms with E-state index in [1.54, 1.807) is 17.0 Å². The lowest BCUT2D eigenvalue weighted by Crippen LogP contribution is -2.44. The molecule has 0 aromatic heterocycles. The molecule has 1 aliphatic heterocycles. The van der Waals surface area contributed by atoms with Crippen LogP contribution in [-0.2, 0) is 14.6 Å². The maximum atomic E-state index is 12.1. The molecule has 1 saturated heterocycles. The second-order valence-electron chi connectivity index (χ2n) is 5.22. The van der Waals surface area contributed by atoms with Gasteiger partial charge in [-0.25, -0.2) is 8.42 Å². The first-order valence-electron chi connectivity index (χ1n) is 6.50. The second kappa shape index (κ2) is 5.33. The van der Waals surface area contributed by atoms with E-state index in [1.807, 2.05) is 12.1 Å². The normalized spacial score (nSPS) is 15.4. The summed E-state index contributed by atoms with van der Waals surface area (Å²) in [5.41, 5.74) is 1.09. The van der Waals surface area contributed by atoms with Gasteiger partial charge in [-0.3, -0.25) is 4.79 Å². The van der Waals surface area contributed by atoms with E-state index in [1.165, 1.54) is 0 Å². The topological polar surface area (TPSA) is 54.5 Å². The molecule has 0 unspecified atom stereocenters. The fraction of sp³-hybridized carbons (Fsp3) is 0.500. The third-order valence-corrected chi connectivity index (χ3v) is 5.05. The number of benzene rings is 1. The molecule has 0 radical (unpaired) electrons. The number of nitrogens with zero attached hydrogens (tertiary/aromatic N) is 1. The highest BCUT2D eigenvalue weighted by atomic mass is 32.2. The molecule has 2 rings (SSSR count). The molecule has 0 bridgehead atoms.